The summed E-state index contributed by atoms with van der Waals surface area (Å²) < 4.78 is 0. The Labute approximate surface area is 246 Å². The van der Waals surface area contributed by atoms with Crippen LogP contribution < -0.4 is 21.3 Å². The lowest BCUT2D eigenvalue weighted by molar-refractivity contribution is 0.892. The number of nitrogens with zero attached hydrogens (tertiary/aromatic N) is 1. The lowest BCUT2D eigenvalue weighted by Crippen LogP contribution is -2.54. The van der Waals surface area contributed by atoms with Crippen LogP contribution in [0.2, 0.25) is 0 Å². The molecule has 0 N–H and O–H groups in total. The van der Waals surface area contributed by atoms with Crippen LogP contribution >= 0.6 is 0 Å². The average molecular weight is 531 g/mol. The fourth-order valence-corrected chi connectivity index (χ4v) is 8.21. The van der Waals surface area contributed by atoms with Gasteiger partial charge in [-0.05, 0) is 91.7 Å². The summed E-state index contributed by atoms with van der Waals surface area (Å²) in [6.45, 7) is 0.227. The van der Waals surface area contributed by atoms with Crippen molar-refractivity contribution >= 4 is 46.2 Å². The predicted molar refractivity (Wildman–Crippen MR) is 177 cm³/mol. The van der Waals surface area contributed by atoms with Crippen LogP contribution in [0.15, 0.2) is 145 Å². The third kappa shape index (κ3) is 2.94. The topological polar surface area (TPSA) is 3.24 Å². The molecule has 0 saturated carbocycles. The Kier molecular flexibility index (Phi) is 4.43. The predicted octanol–water partition coefficient (Wildman–Crippen LogP) is 7.72. The number of allylic oxidation sites excluding steroid dienone is 7. The first kappa shape index (κ1) is 22.6. The lowest BCUT2D eigenvalue weighted by atomic mass is 9.37. The van der Waals surface area contributed by atoms with Crippen molar-refractivity contribution in [3.05, 3.63) is 161 Å². The third-order valence-corrected chi connectivity index (χ3v) is 9.95. The quantitative estimate of drug-likeness (QED) is 0.207. The summed E-state index contributed by atoms with van der Waals surface area (Å²) in [4.78, 5) is 2.53. The van der Waals surface area contributed by atoms with Crippen molar-refractivity contribution in [2.24, 2.45) is 0 Å². The molecule has 5 aliphatic rings. The standard InChI is InChI=1S/C40H26BN/c1-2-8-25(9-3-1)28-20-21-32-33-12-7-15-37-40(33)41(35(32)24-28)34-13-4-5-14-36(34)42(37)31-22-29-18-16-26-10-6-11-27-17-19-30(23-31)39(29)38(26)27/h1-18,20-24,38H,19H2. The smallest absolute Gasteiger partial charge is 0.248 e. The molecule has 5 aromatic carbocycles. The Morgan fingerprint density at radius 3 is 2.48 bits per heavy atom. The second-order valence-corrected chi connectivity index (χ2v) is 12.0. The minimum atomic E-state index is 0.227. The molecule has 0 bridgehead atoms. The van der Waals surface area contributed by atoms with Gasteiger partial charge in [-0.3, -0.25) is 0 Å². The van der Waals surface area contributed by atoms with Crippen LogP contribution in [-0.4, -0.2) is 6.71 Å². The van der Waals surface area contributed by atoms with E-state index in [0.717, 1.165) is 6.42 Å². The van der Waals surface area contributed by atoms with Crippen molar-refractivity contribution in [2.75, 3.05) is 4.90 Å². The number of hydrogen-bond donors (Lipinski definition) is 0. The van der Waals surface area contributed by atoms with Crippen LogP contribution in [0.4, 0.5) is 17.1 Å². The van der Waals surface area contributed by atoms with Crippen LogP contribution in [0.1, 0.15) is 22.6 Å². The maximum Gasteiger partial charge on any atom is 0.248 e. The van der Waals surface area contributed by atoms with Gasteiger partial charge in [0.2, 0.25) is 6.71 Å². The van der Waals surface area contributed by atoms with Gasteiger partial charge in [-0.15, -0.1) is 0 Å². The third-order valence-electron chi connectivity index (χ3n) is 9.95. The molecule has 10 rings (SSSR count). The number of anilines is 3. The number of rotatable bonds is 2. The van der Waals surface area contributed by atoms with E-state index in [1.54, 1.807) is 0 Å². The van der Waals surface area contributed by atoms with Crippen molar-refractivity contribution in [3.63, 3.8) is 0 Å². The highest BCUT2D eigenvalue weighted by molar-refractivity contribution is 7.01. The summed E-state index contributed by atoms with van der Waals surface area (Å²) in [5.41, 5.74) is 20.5. The summed E-state index contributed by atoms with van der Waals surface area (Å²) in [7, 11) is 0. The van der Waals surface area contributed by atoms with E-state index in [9.17, 15) is 0 Å². The Morgan fingerprint density at radius 1 is 0.643 bits per heavy atom. The highest BCUT2D eigenvalue weighted by atomic mass is 15.2. The number of hydrogen-bond acceptors (Lipinski definition) is 1. The summed E-state index contributed by atoms with van der Waals surface area (Å²) in [6.07, 6.45) is 14.8. The largest absolute Gasteiger partial charge is 0.311 e. The maximum absolute atomic E-state index is 2.53. The van der Waals surface area contributed by atoms with Crippen LogP contribution in [0, 0.1) is 0 Å². The zero-order valence-corrected chi connectivity index (χ0v) is 23.1. The first-order valence-corrected chi connectivity index (χ1v) is 15.0. The van der Waals surface area contributed by atoms with E-state index in [-0.39, 0.29) is 6.71 Å². The van der Waals surface area contributed by atoms with E-state index in [1.165, 1.54) is 83.5 Å². The van der Waals surface area contributed by atoms with Crippen LogP contribution in [0.3, 0.4) is 0 Å². The van der Waals surface area contributed by atoms with Gasteiger partial charge >= 0.3 is 0 Å². The van der Waals surface area contributed by atoms with E-state index >= 15 is 0 Å². The molecule has 0 fully saturated rings. The summed E-state index contributed by atoms with van der Waals surface area (Å²) in [6, 6.07) is 38.7. The van der Waals surface area contributed by atoms with Crippen molar-refractivity contribution < 1.29 is 0 Å². The normalized spacial score (nSPS) is 17.7. The van der Waals surface area contributed by atoms with Gasteiger partial charge in [-0.2, -0.15) is 0 Å². The fraction of sp³-hybridized carbons (Fsp3) is 0.0500. The van der Waals surface area contributed by atoms with Gasteiger partial charge in [0.15, 0.2) is 0 Å². The number of para-hydroxylation sites is 1. The van der Waals surface area contributed by atoms with Crippen molar-refractivity contribution in [2.45, 2.75) is 12.3 Å². The van der Waals surface area contributed by atoms with E-state index < -0.39 is 0 Å². The second-order valence-electron chi connectivity index (χ2n) is 12.0. The monoisotopic (exact) mass is 531 g/mol. The molecule has 1 atom stereocenters. The molecule has 194 valence electrons. The van der Waals surface area contributed by atoms with Gasteiger partial charge in [-0.25, -0.2) is 0 Å². The van der Waals surface area contributed by atoms with Gasteiger partial charge in [0, 0.05) is 23.0 Å². The van der Waals surface area contributed by atoms with Crippen molar-refractivity contribution in [3.8, 4) is 22.3 Å². The Balaban J connectivity index is 1.18. The van der Waals surface area contributed by atoms with Crippen LogP contribution in [0.5, 0.6) is 0 Å². The molecule has 0 spiro atoms. The van der Waals surface area contributed by atoms with E-state index in [0.29, 0.717) is 5.92 Å². The molecule has 2 aliphatic heterocycles. The van der Waals surface area contributed by atoms with Gasteiger partial charge in [0.1, 0.15) is 0 Å². The zero-order valence-electron chi connectivity index (χ0n) is 23.1. The molecule has 0 aromatic heterocycles. The molecule has 0 amide bonds. The molecule has 1 nitrogen and oxygen atoms in total. The van der Waals surface area contributed by atoms with Crippen molar-refractivity contribution in [1.82, 2.24) is 0 Å². The van der Waals surface area contributed by atoms with E-state index in [4.69, 9.17) is 0 Å². The molecule has 0 saturated heterocycles. The van der Waals surface area contributed by atoms with Gasteiger partial charge in [0.25, 0.3) is 0 Å². The first-order valence-electron chi connectivity index (χ1n) is 15.0. The molecule has 1 unspecified atom stereocenters. The highest BCUT2D eigenvalue weighted by Crippen LogP contribution is 2.49. The molecular formula is C40H26BN. The Hall–Kier alpha value is -5.08. The van der Waals surface area contributed by atoms with Gasteiger partial charge < -0.3 is 4.90 Å². The van der Waals surface area contributed by atoms with Crippen LogP contribution in [0.25, 0.3) is 28.3 Å². The lowest BCUT2D eigenvalue weighted by Gasteiger charge is -2.38. The average Bonchev–Trinajstić information content (AvgIpc) is 3.39. The summed E-state index contributed by atoms with van der Waals surface area (Å²) in [5.74, 6) is 0.375. The number of fused-ring (bicyclic) bond motifs is 5. The molecular weight excluding hydrogens is 505 g/mol. The summed E-state index contributed by atoms with van der Waals surface area (Å²) in [5, 5.41) is 0. The first-order chi connectivity index (χ1) is 20.8. The molecule has 2 heteroatoms. The molecule has 3 aliphatic carbocycles. The second kappa shape index (κ2) is 8.24. The van der Waals surface area contributed by atoms with Gasteiger partial charge in [-0.1, -0.05) is 121 Å². The van der Waals surface area contributed by atoms with Gasteiger partial charge in [0.05, 0.1) is 0 Å². The number of benzene rings is 5. The fourth-order valence-electron chi connectivity index (χ4n) is 8.21. The minimum absolute atomic E-state index is 0.227. The van der Waals surface area contributed by atoms with Crippen molar-refractivity contribution in [1.29, 1.82) is 0 Å². The zero-order chi connectivity index (χ0) is 27.4. The molecule has 5 aromatic rings. The maximum atomic E-state index is 2.53. The Bertz CT molecular complexity index is 2130. The van der Waals surface area contributed by atoms with E-state index in [1.807, 2.05) is 0 Å². The molecule has 42 heavy (non-hydrogen) atoms. The molecule has 2 heterocycles. The Morgan fingerprint density at radius 2 is 1.52 bits per heavy atom. The molecule has 0 radical (unpaired) electrons. The van der Waals surface area contributed by atoms with Crippen LogP contribution in [-0.2, 0) is 6.42 Å². The highest BCUT2D eigenvalue weighted by Gasteiger charge is 2.42. The minimum Gasteiger partial charge on any atom is -0.311 e. The summed E-state index contributed by atoms with van der Waals surface area (Å²) >= 11 is 0. The SMILES string of the molecule is C1=CC2=CCc3cc(N4c5ccccc5B5c6cc(-c7ccccc7)ccc6-c6cccc4c65)cc4c3C2C(=C1)C=C4. The van der Waals surface area contributed by atoms with E-state index in [2.05, 4.69) is 144 Å².